The molecule has 0 saturated carbocycles. The number of rotatable bonds is 6. The number of hydrogen-bond donors (Lipinski definition) is 1. The van der Waals surface area contributed by atoms with Crippen LogP contribution in [-0.4, -0.2) is 21.6 Å². The van der Waals surface area contributed by atoms with Crippen molar-refractivity contribution in [1.29, 1.82) is 0 Å². The second-order valence-corrected chi connectivity index (χ2v) is 8.11. The number of fused-ring (bicyclic) bond motifs is 1. The van der Waals surface area contributed by atoms with E-state index < -0.39 is 0 Å². The lowest BCUT2D eigenvalue weighted by molar-refractivity contribution is -0.116. The first-order valence-electron chi connectivity index (χ1n) is 9.70. The number of carbonyl (C=O) groups is 1. The van der Waals surface area contributed by atoms with Gasteiger partial charge in [-0.2, -0.15) is 0 Å². The Morgan fingerprint density at radius 2 is 1.87 bits per heavy atom. The van der Waals surface area contributed by atoms with Gasteiger partial charge in [0.25, 0.3) is 5.56 Å². The molecule has 0 saturated heterocycles. The first kappa shape index (κ1) is 20.7. The molecular formula is C23H20FN3O3S. The van der Waals surface area contributed by atoms with Crippen molar-refractivity contribution in [2.24, 2.45) is 0 Å². The first-order chi connectivity index (χ1) is 14.9. The zero-order valence-corrected chi connectivity index (χ0v) is 17.8. The molecule has 0 aliphatic heterocycles. The summed E-state index contributed by atoms with van der Waals surface area (Å²) in [6.45, 7) is 3.70. The average molecular weight is 437 g/mol. The van der Waals surface area contributed by atoms with Crippen molar-refractivity contribution < 1.29 is 13.9 Å². The third kappa shape index (κ3) is 4.64. The normalized spacial score (nSPS) is 11.1. The van der Waals surface area contributed by atoms with E-state index in [1.165, 1.54) is 34.4 Å². The van der Waals surface area contributed by atoms with Crippen molar-refractivity contribution in [1.82, 2.24) is 9.55 Å². The molecule has 0 atom stereocenters. The largest absolute Gasteiger partial charge is 0.491 e. The van der Waals surface area contributed by atoms with E-state index in [1.807, 2.05) is 19.2 Å². The second-order valence-electron chi connectivity index (χ2n) is 7.25. The Hall–Kier alpha value is -3.52. The monoisotopic (exact) mass is 437 g/mol. The van der Waals surface area contributed by atoms with Gasteiger partial charge in [-0.3, -0.25) is 14.2 Å². The Balaban J connectivity index is 1.55. The van der Waals surface area contributed by atoms with Gasteiger partial charge in [-0.05, 0) is 55.8 Å². The van der Waals surface area contributed by atoms with E-state index in [4.69, 9.17) is 4.74 Å². The number of carbonyl (C=O) groups excluding carboxylic acids is 1. The molecule has 0 aliphatic carbocycles. The molecule has 0 fully saturated rings. The van der Waals surface area contributed by atoms with Gasteiger partial charge < -0.3 is 10.1 Å². The standard InChI is InChI=1S/C23H20FN3O3S/c1-14(2)30-18-9-7-17(8-10-18)26-20(28)11-27-13-25-22-21(23(27)29)19(12-31-22)15-3-5-16(24)6-4-15/h3-10,12-14H,11H2,1-2H3,(H,26,28). The van der Waals surface area contributed by atoms with Crippen LogP contribution in [0.2, 0.25) is 0 Å². The van der Waals surface area contributed by atoms with Gasteiger partial charge in [0.15, 0.2) is 0 Å². The van der Waals surface area contributed by atoms with Gasteiger partial charge in [-0.15, -0.1) is 11.3 Å². The van der Waals surface area contributed by atoms with Crippen LogP contribution < -0.4 is 15.6 Å². The van der Waals surface area contributed by atoms with Crippen LogP contribution in [0.3, 0.4) is 0 Å². The van der Waals surface area contributed by atoms with Gasteiger partial charge in [-0.25, -0.2) is 9.37 Å². The minimum atomic E-state index is -0.348. The average Bonchev–Trinajstić information content (AvgIpc) is 3.17. The van der Waals surface area contributed by atoms with Crippen LogP contribution in [0.5, 0.6) is 5.75 Å². The summed E-state index contributed by atoms with van der Waals surface area (Å²) in [5.41, 5.74) is 1.68. The molecule has 0 radical (unpaired) electrons. The van der Waals surface area contributed by atoms with Crippen LogP contribution in [0, 0.1) is 5.82 Å². The zero-order chi connectivity index (χ0) is 22.0. The summed E-state index contributed by atoms with van der Waals surface area (Å²) in [6, 6.07) is 13.0. The highest BCUT2D eigenvalue weighted by Gasteiger charge is 2.15. The molecule has 0 aliphatic rings. The summed E-state index contributed by atoms with van der Waals surface area (Å²) in [5, 5.41) is 5.01. The van der Waals surface area contributed by atoms with Gasteiger partial charge in [0.05, 0.1) is 17.8 Å². The van der Waals surface area contributed by atoms with E-state index in [-0.39, 0.29) is 29.9 Å². The van der Waals surface area contributed by atoms with Gasteiger partial charge in [0.1, 0.15) is 22.9 Å². The minimum absolute atomic E-state index is 0.0617. The predicted molar refractivity (Wildman–Crippen MR) is 120 cm³/mol. The number of benzene rings is 2. The van der Waals surface area contributed by atoms with Crippen LogP contribution >= 0.6 is 11.3 Å². The van der Waals surface area contributed by atoms with Gasteiger partial charge in [-0.1, -0.05) is 12.1 Å². The number of ether oxygens (including phenoxy) is 1. The Morgan fingerprint density at radius 3 is 2.55 bits per heavy atom. The number of anilines is 1. The maximum Gasteiger partial charge on any atom is 0.263 e. The van der Waals surface area contributed by atoms with E-state index >= 15 is 0 Å². The molecule has 1 N–H and O–H groups in total. The molecule has 6 nitrogen and oxygen atoms in total. The van der Waals surface area contributed by atoms with Crippen molar-refractivity contribution in [3.05, 3.63) is 76.4 Å². The molecule has 31 heavy (non-hydrogen) atoms. The summed E-state index contributed by atoms with van der Waals surface area (Å²) >= 11 is 1.33. The van der Waals surface area contributed by atoms with Crippen LogP contribution in [0.1, 0.15) is 13.8 Å². The molecule has 4 aromatic rings. The second kappa shape index (κ2) is 8.69. The fourth-order valence-electron chi connectivity index (χ4n) is 3.17. The predicted octanol–water partition coefficient (Wildman–Crippen LogP) is 4.69. The Labute approximate surface area is 181 Å². The molecule has 0 bridgehead atoms. The molecule has 2 heterocycles. The Kier molecular flexibility index (Phi) is 5.81. The lowest BCUT2D eigenvalue weighted by atomic mass is 10.1. The SMILES string of the molecule is CC(C)Oc1ccc(NC(=O)Cn2cnc3scc(-c4ccc(F)cc4)c3c2=O)cc1. The van der Waals surface area contributed by atoms with Crippen LogP contribution in [-0.2, 0) is 11.3 Å². The highest BCUT2D eigenvalue weighted by atomic mass is 32.1. The third-order valence-electron chi connectivity index (χ3n) is 4.54. The van der Waals surface area contributed by atoms with Crippen LogP contribution in [0.15, 0.2) is 65.0 Å². The van der Waals surface area contributed by atoms with Gasteiger partial charge in [0, 0.05) is 16.6 Å². The quantitative estimate of drug-likeness (QED) is 0.475. The Morgan fingerprint density at radius 1 is 1.16 bits per heavy atom. The van der Waals surface area contributed by atoms with Crippen molar-refractivity contribution in [3.63, 3.8) is 0 Å². The molecule has 0 spiro atoms. The number of aromatic nitrogens is 2. The third-order valence-corrected chi connectivity index (χ3v) is 5.43. The number of thiophene rings is 1. The lowest BCUT2D eigenvalue weighted by Gasteiger charge is -2.11. The van der Waals surface area contributed by atoms with E-state index in [1.54, 1.807) is 36.4 Å². The topological polar surface area (TPSA) is 73.2 Å². The lowest BCUT2D eigenvalue weighted by Crippen LogP contribution is -2.27. The number of halogens is 1. The number of nitrogens with one attached hydrogen (secondary N) is 1. The molecule has 2 aromatic heterocycles. The Bertz CT molecular complexity index is 1280. The van der Waals surface area contributed by atoms with Gasteiger partial charge >= 0.3 is 0 Å². The van der Waals surface area contributed by atoms with E-state index in [0.717, 1.165) is 5.56 Å². The summed E-state index contributed by atoms with van der Waals surface area (Å²) in [6.07, 6.45) is 1.43. The summed E-state index contributed by atoms with van der Waals surface area (Å²) in [7, 11) is 0. The van der Waals surface area contributed by atoms with Gasteiger partial charge in [0.2, 0.25) is 5.91 Å². The minimum Gasteiger partial charge on any atom is -0.491 e. The fourth-order valence-corrected chi connectivity index (χ4v) is 4.07. The first-order valence-corrected chi connectivity index (χ1v) is 10.6. The molecular weight excluding hydrogens is 417 g/mol. The van der Waals surface area contributed by atoms with Crippen LogP contribution in [0.25, 0.3) is 21.3 Å². The van der Waals surface area contributed by atoms with E-state index in [0.29, 0.717) is 27.2 Å². The van der Waals surface area contributed by atoms with Crippen molar-refractivity contribution in [2.45, 2.75) is 26.5 Å². The summed E-state index contributed by atoms with van der Waals surface area (Å²) < 4.78 is 20.1. The van der Waals surface area contributed by atoms with Crippen molar-refractivity contribution >= 4 is 33.1 Å². The van der Waals surface area contributed by atoms with E-state index in [9.17, 15) is 14.0 Å². The smallest absolute Gasteiger partial charge is 0.263 e. The maximum absolute atomic E-state index is 13.3. The highest BCUT2D eigenvalue weighted by molar-refractivity contribution is 7.17. The highest BCUT2D eigenvalue weighted by Crippen LogP contribution is 2.30. The zero-order valence-electron chi connectivity index (χ0n) is 17.0. The summed E-state index contributed by atoms with van der Waals surface area (Å²) in [4.78, 5) is 30.4. The number of hydrogen-bond acceptors (Lipinski definition) is 5. The molecule has 4 rings (SSSR count). The van der Waals surface area contributed by atoms with Crippen molar-refractivity contribution in [3.8, 4) is 16.9 Å². The molecule has 2 aromatic carbocycles. The fraction of sp³-hybridized carbons (Fsp3) is 0.174. The molecule has 8 heteroatoms. The number of amides is 1. The summed E-state index contributed by atoms with van der Waals surface area (Å²) in [5.74, 6) is 0.0169. The maximum atomic E-state index is 13.3. The molecule has 1 amide bonds. The molecule has 0 unspecified atom stereocenters. The molecule has 158 valence electrons. The number of nitrogens with zero attached hydrogens (tertiary/aromatic N) is 2. The van der Waals surface area contributed by atoms with E-state index in [2.05, 4.69) is 10.3 Å². The van der Waals surface area contributed by atoms with Crippen LogP contribution in [0.4, 0.5) is 10.1 Å². The van der Waals surface area contributed by atoms with Crippen molar-refractivity contribution in [2.75, 3.05) is 5.32 Å².